The van der Waals surface area contributed by atoms with Crippen LogP contribution in [0.3, 0.4) is 0 Å². The first-order chi connectivity index (χ1) is 10.4. The zero-order valence-corrected chi connectivity index (χ0v) is 13.9. The van der Waals surface area contributed by atoms with Crippen LogP contribution in [0.15, 0.2) is 35.9 Å². The van der Waals surface area contributed by atoms with Gasteiger partial charge in [-0.25, -0.2) is 4.79 Å². The molecule has 22 heavy (non-hydrogen) atoms. The quantitative estimate of drug-likeness (QED) is 0.766. The second-order valence-electron chi connectivity index (χ2n) is 6.52. The summed E-state index contributed by atoms with van der Waals surface area (Å²) in [5.41, 5.74) is 1.61. The maximum Gasteiger partial charge on any atom is 0.415 e. The van der Waals surface area contributed by atoms with Crippen LogP contribution in [0.5, 0.6) is 5.75 Å². The van der Waals surface area contributed by atoms with Crippen LogP contribution in [-0.4, -0.2) is 25.3 Å². The van der Waals surface area contributed by atoms with Gasteiger partial charge in [0.1, 0.15) is 11.4 Å². The number of benzene rings is 1. The van der Waals surface area contributed by atoms with Crippen molar-refractivity contribution >= 4 is 11.8 Å². The summed E-state index contributed by atoms with van der Waals surface area (Å²) in [5, 5.41) is 0. The molecule has 0 fully saturated rings. The number of nitrogens with zero attached hydrogens (tertiary/aromatic N) is 1. The molecule has 0 saturated heterocycles. The molecule has 1 amide bonds. The van der Waals surface area contributed by atoms with Crippen molar-refractivity contribution < 1.29 is 14.3 Å². The SMILES string of the molecule is COc1ccc(N(CC2=CCCC2)C(=O)OC(C)(C)C)cc1. The predicted molar refractivity (Wildman–Crippen MR) is 88.5 cm³/mol. The number of ether oxygens (including phenoxy) is 2. The molecular weight excluding hydrogens is 278 g/mol. The lowest BCUT2D eigenvalue weighted by molar-refractivity contribution is 0.0583. The van der Waals surface area contributed by atoms with E-state index in [-0.39, 0.29) is 6.09 Å². The lowest BCUT2D eigenvalue weighted by Gasteiger charge is -2.28. The highest BCUT2D eigenvalue weighted by Gasteiger charge is 2.24. The zero-order valence-electron chi connectivity index (χ0n) is 13.9. The first-order valence-electron chi connectivity index (χ1n) is 7.71. The molecule has 0 N–H and O–H groups in total. The molecule has 0 bridgehead atoms. The molecule has 4 heteroatoms. The molecule has 1 aliphatic rings. The third-order valence-corrected chi connectivity index (χ3v) is 3.49. The predicted octanol–water partition coefficient (Wildman–Crippen LogP) is 4.55. The van der Waals surface area contributed by atoms with E-state index in [2.05, 4.69) is 6.08 Å². The topological polar surface area (TPSA) is 38.8 Å². The van der Waals surface area contributed by atoms with Crippen LogP contribution in [0.4, 0.5) is 10.5 Å². The minimum atomic E-state index is -0.508. The number of allylic oxidation sites excluding steroid dienone is 1. The minimum absolute atomic E-state index is 0.314. The van der Waals surface area contributed by atoms with E-state index in [1.807, 2.05) is 45.0 Å². The Kier molecular flexibility index (Phi) is 5.11. The number of amides is 1. The fraction of sp³-hybridized carbons (Fsp3) is 0.500. The molecule has 1 aliphatic carbocycles. The van der Waals surface area contributed by atoms with Crippen molar-refractivity contribution in [1.82, 2.24) is 0 Å². The minimum Gasteiger partial charge on any atom is -0.497 e. The van der Waals surface area contributed by atoms with Crippen molar-refractivity contribution in [2.24, 2.45) is 0 Å². The number of hydrogen-bond donors (Lipinski definition) is 0. The van der Waals surface area contributed by atoms with Gasteiger partial charge in [-0.15, -0.1) is 0 Å². The van der Waals surface area contributed by atoms with Crippen LogP contribution in [-0.2, 0) is 4.74 Å². The van der Waals surface area contributed by atoms with Gasteiger partial charge in [-0.2, -0.15) is 0 Å². The van der Waals surface area contributed by atoms with Gasteiger partial charge < -0.3 is 9.47 Å². The van der Waals surface area contributed by atoms with Gasteiger partial charge in [0, 0.05) is 5.69 Å². The monoisotopic (exact) mass is 303 g/mol. The van der Waals surface area contributed by atoms with E-state index in [0.717, 1.165) is 24.3 Å². The number of hydrogen-bond acceptors (Lipinski definition) is 3. The molecular formula is C18H25NO3. The van der Waals surface area contributed by atoms with E-state index >= 15 is 0 Å². The van der Waals surface area contributed by atoms with Crippen molar-refractivity contribution in [2.45, 2.75) is 45.6 Å². The van der Waals surface area contributed by atoms with Crippen molar-refractivity contribution in [2.75, 3.05) is 18.6 Å². The van der Waals surface area contributed by atoms with Crippen molar-refractivity contribution in [3.63, 3.8) is 0 Å². The molecule has 1 aromatic carbocycles. The summed E-state index contributed by atoms with van der Waals surface area (Å²) < 4.78 is 10.7. The third-order valence-electron chi connectivity index (χ3n) is 3.49. The summed E-state index contributed by atoms with van der Waals surface area (Å²) in [5.74, 6) is 0.771. The Morgan fingerprint density at radius 2 is 1.91 bits per heavy atom. The van der Waals surface area contributed by atoms with E-state index in [1.54, 1.807) is 12.0 Å². The van der Waals surface area contributed by atoms with Crippen LogP contribution in [0.2, 0.25) is 0 Å². The molecule has 120 valence electrons. The van der Waals surface area contributed by atoms with E-state index in [4.69, 9.17) is 9.47 Å². The molecule has 0 radical (unpaired) electrons. The van der Waals surface area contributed by atoms with Crippen LogP contribution in [0.25, 0.3) is 0 Å². The second kappa shape index (κ2) is 6.86. The standard InChI is InChI=1S/C18H25NO3/c1-18(2,3)22-17(20)19(13-14-7-5-6-8-14)15-9-11-16(21-4)12-10-15/h7,9-12H,5-6,8,13H2,1-4H3. The normalized spacial score (nSPS) is 14.5. The molecule has 2 rings (SSSR count). The molecule has 1 aromatic rings. The first-order valence-corrected chi connectivity index (χ1v) is 7.71. The maximum absolute atomic E-state index is 12.5. The van der Waals surface area contributed by atoms with Crippen LogP contribution in [0, 0.1) is 0 Å². The summed E-state index contributed by atoms with van der Waals surface area (Å²) in [7, 11) is 1.63. The van der Waals surface area contributed by atoms with E-state index in [0.29, 0.717) is 6.54 Å². The molecule has 0 aliphatic heterocycles. The van der Waals surface area contributed by atoms with E-state index in [9.17, 15) is 4.79 Å². The van der Waals surface area contributed by atoms with Crippen LogP contribution in [0.1, 0.15) is 40.0 Å². The van der Waals surface area contributed by atoms with Crippen molar-refractivity contribution in [1.29, 1.82) is 0 Å². The van der Waals surface area contributed by atoms with E-state index in [1.165, 1.54) is 12.0 Å². The summed E-state index contributed by atoms with van der Waals surface area (Å²) in [4.78, 5) is 14.2. The molecule has 0 spiro atoms. The number of methoxy groups -OCH3 is 1. The van der Waals surface area contributed by atoms with Gasteiger partial charge >= 0.3 is 6.09 Å². The Bertz CT molecular complexity index is 540. The van der Waals surface area contributed by atoms with Gasteiger partial charge in [-0.05, 0) is 64.3 Å². The summed E-state index contributed by atoms with van der Waals surface area (Å²) in [6.07, 6.45) is 5.22. The average Bonchev–Trinajstić information content (AvgIpc) is 2.96. The fourth-order valence-corrected chi connectivity index (χ4v) is 2.42. The number of carbonyl (C=O) groups is 1. The third kappa shape index (κ3) is 4.52. The molecule has 0 saturated carbocycles. The molecule has 0 aromatic heterocycles. The van der Waals surface area contributed by atoms with Crippen molar-refractivity contribution in [3.05, 3.63) is 35.9 Å². The largest absolute Gasteiger partial charge is 0.497 e. The summed E-state index contributed by atoms with van der Waals surface area (Å²) in [6, 6.07) is 7.49. The highest BCUT2D eigenvalue weighted by atomic mass is 16.6. The summed E-state index contributed by atoms with van der Waals surface area (Å²) in [6.45, 7) is 6.23. The number of rotatable bonds is 4. The lowest BCUT2D eigenvalue weighted by Crippen LogP contribution is -2.38. The molecule has 0 heterocycles. The maximum atomic E-state index is 12.5. The molecule has 0 atom stereocenters. The highest BCUT2D eigenvalue weighted by Crippen LogP contribution is 2.25. The lowest BCUT2D eigenvalue weighted by atomic mass is 10.2. The number of carbonyl (C=O) groups excluding carboxylic acids is 1. The van der Waals surface area contributed by atoms with Gasteiger partial charge in [-0.3, -0.25) is 4.90 Å². The Morgan fingerprint density at radius 3 is 2.41 bits per heavy atom. The van der Waals surface area contributed by atoms with Gasteiger partial charge in [0.15, 0.2) is 0 Å². The Balaban J connectivity index is 2.21. The Morgan fingerprint density at radius 1 is 1.23 bits per heavy atom. The van der Waals surface area contributed by atoms with Gasteiger partial charge in [-0.1, -0.05) is 11.6 Å². The smallest absolute Gasteiger partial charge is 0.415 e. The van der Waals surface area contributed by atoms with Gasteiger partial charge in [0.25, 0.3) is 0 Å². The van der Waals surface area contributed by atoms with Crippen LogP contribution < -0.4 is 9.64 Å². The molecule has 4 nitrogen and oxygen atoms in total. The number of anilines is 1. The van der Waals surface area contributed by atoms with E-state index < -0.39 is 5.60 Å². The summed E-state index contributed by atoms with van der Waals surface area (Å²) >= 11 is 0. The average molecular weight is 303 g/mol. The zero-order chi connectivity index (χ0) is 16.2. The van der Waals surface area contributed by atoms with Crippen LogP contribution >= 0.6 is 0 Å². The Hall–Kier alpha value is -1.97. The highest BCUT2D eigenvalue weighted by molar-refractivity contribution is 5.88. The molecule has 0 unspecified atom stereocenters. The fourth-order valence-electron chi connectivity index (χ4n) is 2.42. The van der Waals surface area contributed by atoms with Gasteiger partial charge in [0.05, 0.1) is 13.7 Å². The Labute approximate surface area is 132 Å². The second-order valence-corrected chi connectivity index (χ2v) is 6.52. The van der Waals surface area contributed by atoms with Gasteiger partial charge in [0.2, 0.25) is 0 Å². The first kappa shape index (κ1) is 16.4. The van der Waals surface area contributed by atoms with Crippen molar-refractivity contribution in [3.8, 4) is 5.75 Å².